The van der Waals surface area contributed by atoms with Crippen molar-refractivity contribution >= 4 is 11.0 Å². The molecule has 0 aliphatic carbocycles. The van der Waals surface area contributed by atoms with Gasteiger partial charge in [-0.1, -0.05) is 48.9 Å². The highest BCUT2D eigenvalue weighted by Gasteiger charge is 2.22. The molecule has 0 aliphatic rings. The zero-order valence-corrected chi connectivity index (χ0v) is 12.5. The fraction of sp³-hybridized carbons (Fsp3) is 0.263. The lowest BCUT2D eigenvalue weighted by atomic mass is 9.88. The lowest BCUT2D eigenvalue weighted by Gasteiger charge is -2.21. The van der Waals surface area contributed by atoms with Crippen LogP contribution in [0.3, 0.4) is 0 Å². The topological polar surface area (TPSA) is 39.2 Å². The maximum absolute atomic E-state index is 6.49. The molecule has 3 rings (SSSR count). The van der Waals surface area contributed by atoms with Gasteiger partial charge in [-0.05, 0) is 37.1 Å². The van der Waals surface area contributed by atoms with E-state index in [9.17, 15) is 0 Å². The van der Waals surface area contributed by atoms with E-state index in [2.05, 4.69) is 56.3 Å². The normalized spacial score (nSPS) is 14.2. The minimum atomic E-state index is -0.120. The maximum atomic E-state index is 6.49. The van der Waals surface area contributed by atoms with Crippen LogP contribution in [0.25, 0.3) is 11.0 Å². The van der Waals surface area contributed by atoms with E-state index in [0.29, 0.717) is 0 Å². The van der Waals surface area contributed by atoms with Gasteiger partial charge in [0.05, 0.1) is 6.04 Å². The Hall–Kier alpha value is -2.06. The number of nitrogens with two attached hydrogens (primary N) is 1. The summed E-state index contributed by atoms with van der Waals surface area (Å²) in [4.78, 5) is 0. The highest BCUT2D eigenvalue weighted by atomic mass is 16.3. The number of aryl methyl sites for hydroxylation is 1. The fourth-order valence-electron chi connectivity index (χ4n) is 2.94. The lowest BCUT2D eigenvalue weighted by Crippen LogP contribution is -2.18. The molecule has 108 valence electrons. The second-order valence-electron chi connectivity index (χ2n) is 5.64. The first-order chi connectivity index (χ1) is 10.2. The molecule has 0 bridgehead atoms. The van der Waals surface area contributed by atoms with Crippen molar-refractivity contribution in [3.05, 3.63) is 71.5 Å². The molecular weight excluding hydrogens is 258 g/mol. The number of furan rings is 1. The van der Waals surface area contributed by atoms with Crippen molar-refractivity contribution in [2.45, 2.75) is 32.2 Å². The molecular formula is C19H21NO. The van der Waals surface area contributed by atoms with Gasteiger partial charge in [0.2, 0.25) is 0 Å². The lowest BCUT2D eigenvalue weighted by molar-refractivity contribution is 0.436. The molecule has 2 nitrogen and oxygen atoms in total. The number of benzene rings is 2. The van der Waals surface area contributed by atoms with E-state index in [1.165, 1.54) is 11.1 Å². The molecule has 2 unspecified atom stereocenters. The molecule has 0 saturated carbocycles. The summed E-state index contributed by atoms with van der Waals surface area (Å²) < 4.78 is 5.96. The predicted molar refractivity (Wildman–Crippen MR) is 87.4 cm³/mol. The number of hydrogen-bond donors (Lipinski definition) is 1. The van der Waals surface area contributed by atoms with Crippen molar-refractivity contribution in [1.29, 1.82) is 0 Å². The predicted octanol–water partition coefficient (Wildman–Crippen LogP) is 4.93. The molecule has 2 atom stereocenters. The number of hydrogen-bond acceptors (Lipinski definition) is 2. The summed E-state index contributed by atoms with van der Waals surface area (Å²) >= 11 is 0. The third-order valence-electron chi connectivity index (χ3n) is 4.12. The Morgan fingerprint density at radius 1 is 1.05 bits per heavy atom. The van der Waals surface area contributed by atoms with E-state index in [1.54, 1.807) is 0 Å². The van der Waals surface area contributed by atoms with Crippen LogP contribution in [0.15, 0.2) is 59.0 Å². The van der Waals surface area contributed by atoms with Gasteiger partial charge in [0.15, 0.2) is 0 Å². The largest absolute Gasteiger partial charge is 0.459 e. The molecule has 2 heteroatoms. The standard InChI is InChI=1S/C19H21NO/c1-3-16(14-7-5-4-6-8-14)19(20)18-12-15-11-13(2)9-10-17(15)21-18/h4-12,16,19H,3,20H2,1-2H3. The summed E-state index contributed by atoms with van der Waals surface area (Å²) in [5.41, 5.74) is 9.90. The van der Waals surface area contributed by atoms with Gasteiger partial charge in [-0.3, -0.25) is 0 Å². The molecule has 0 amide bonds. The molecule has 1 aromatic heterocycles. The molecule has 2 aromatic carbocycles. The van der Waals surface area contributed by atoms with Crippen molar-refractivity contribution in [3.8, 4) is 0 Å². The molecule has 21 heavy (non-hydrogen) atoms. The molecule has 0 fully saturated rings. The highest BCUT2D eigenvalue weighted by molar-refractivity contribution is 5.78. The molecule has 0 saturated heterocycles. The van der Waals surface area contributed by atoms with Crippen molar-refractivity contribution in [2.24, 2.45) is 5.73 Å². The number of fused-ring (bicyclic) bond motifs is 1. The first-order valence-electron chi connectivity index (χ1n) is 7.49. The quantitative estimate of drug-likeness (QED) is 0.735. The van der Waals surface area contributed by atoms with Gasteiger partial charge in [-0.2, -0.15) is 0 Å². The minimum Gasteiger partial charge on any atom is -0.459 e. The van der Waals surface area contributed by atoms with Gasteiger partial charge < -0.3 is 10.2 Å². The summed E-state index contributed by atoms with van der Waals surface area (Å²) in [6, 6.07) is 18.6. The van der Waals surface area contributed by atoms with Gasteiger partial charge in [-0.15, -0.1) is 0 Å². The molecule has 0 spiro atoms. The maximum Gasteiger partial charge on any atom is 0.134 e. The van der Waals surface area contributed by atoms with Gasteiger partial charge in [-0.25, -0.2) is 0 Å². The van der Waals surface area contributed by atoms with Crippen LogP contribution in [-0.4, -0.2) is 0 Å². The van der Waals surface area contributed by atoms with E-state index in [1.807, 2.05) is 12.1 Å². The van der Waals surface area contributed by atoms with Crippen LogP contribution < -0.4 is 5.73 Å². The Balaban J connectivity index is 1.96. The van der Waals surface area contributed by atoms with Crippen molar-refractivity contribution < 1.29 is 4.42 Å². The molecule has 1 heterocycles. The Kier molecular flexibility index (Phi) is 3.80. The van der Waals surface area contributed by atoms with Gasteiger partial charge in [0, 0.05) is 11.3 Å². The second-order valence-corrected chi connectivity index (χ2v) is 5.64. The van der Waals surface area contributed by atoms with Crippen LogP contribution in [0.1, 0.15) is 42.2 Å². The zero-order valence-electron chi connectivity index (χ0n) is 12.5. The Bertz CT molecular complexity index is 730. The van der Waals surface area contributed by atoms with E-state index in [0.717, 1.165) is 23.2 Å². The smallest absolute Gasteiger partial charge is 0.134 e. The summed E-state index contributed by atoms with van der Waals surface area (Å²) in [5.74, 6) is 1.14. The summed E-state index contributed by atoms with van der Waals surface area (Å²) in [7, 11) is 0. The molecule has 3 aromatic rings. The van der Waals surface area contributed by atoms with E-state index in [4.69, 9.17) is 10.2 Å². The van der Waals surface area contributed by atoms with Crippen molar-refractivity contribution in [3.63, 3.8) is 0 Å². The van der Waals surface area contributed by atoms with Gasteiger partial charge in [0.1, 0.15) is 11.3 Å². The fourth-order valence-corrected chi connectivity index (χ4v) is 2.94. The summed E-state index contributed by atoms with van der Waals surface area (Å²) in [6.45, 7) is 4.26. The molecule has 2 N–H and O–H groups in total. The first-order valence-corrected chi connectivity index (χ1v) is 7.49. The van der Waals surface area contributed by atoms with Gasteiger partial charge >= 0.3 is 0 Å². The monoisotopic (exact) mass is 279 g/mol. The Labute approximate surface area is 125 Å². The second kappa shape index (κ2) is 5.74. The van der Waals surface area contributed by atoms with Crippen LogP contribution in [0.2, 0.25) is 0 Å². The van der Waals surface area contributed by atoms with Crippen LogP contribution in [0, 0.1) is 6.92 Å². The van der Waals surface area contributed by atoms with Crippen LogP contribution in [-0.2, 0) is 0 Å². The average Bonchev–Trinajstić information content (AvgIpc) is 2.92. The third-order valence-corrected chi connectivity index (χ3v) is 4.12. The van der Waals surface area contributed by atoms with Crippen LogP contribution in [0.5, 0.6) is 0 Å². The van der Waals surface area contributed by atoms with Crippen LogP contribution >= 0.6 is 0 Å². The average molecular weight is 279 g/mol. The molecule has 0 radical (unpaired) electrons. The molecule has 0 aliphatic heterocycles. The van der Waals surface area contributed by atoms with Gasteiger partial charge in [0.25, 0.3) is 0 Å². The third kappa shape index (κ3) is 2.72. The number of rotatable bonds is 4. The van der Waals surface area contributed by atoms with Crippen LogP contribution in [0.4, 0.5) is 0 Å². The minimum absolute atomic E-state index is 0.120. The first kappa shape index (κ1) is 13.9. The Morgan fingerprint density at radius 2 is 1.81 bits per heavy atom. The SMILES string of the molecule is CCC(c1ccccc1)C(N)c1cc2cc(C)ccc2o1. The summed E-state index contributed by atoms with van der Waals surface area (Å²) in [5, 5.41) is 1.13. The van der Waals surface area contributed by atoms with Crippen molar-refractivity contribution in [1.82, 2.24) is 0 Å². The zero-order chi connectivity index (χ0) is 14.8. The van der Waals surface area contributed by atoms with E-state index >= 15 is 0 Å². The van der Waals surface area contributed by atoms with E-state index in [-0.39, 0.29) is 12.0 Å². The Morgan fingerprint density at radius 3 is 2.52 bits per heavy atom. The van der Waals surface area contributed by atoms with E-state index < -0.39 is 0 Å². The highest BCUT2D eigenvalue weighted by Crippen LogP contribution is 2.34. The summed E-state index contributed by atoms with van der Waals surface area (Å²) in [6.07, 6.45) is 0.987. The van der Waals surface area contributed by atoms with Crippen molar-refractivity contribution in [2.75, 3.05) is 0 Å².